The first-order chi connectivity index (χ1) is 2.00. The van der Waals surface area contributed by atoms with E-state index in [1.165, 1.54) is 0 Å². The van der Waals surface area contributed by atoms with Gasteiger partial charge in [0.1, 0.15) is 0 Å². The van der Waals surface area contributed by atoms with E-state index in [0.717, 1.165) is 0 Å². The molecule has 0 saturated heterocycles. The van der Waals surface area contributed by atoms with Crippen molar-refractivity contribution in [3.8, 4) is 0 Å². The van der Waals surface area contributed by atoms with Crippen LogP contribution in [0.4, 0.5) is 0 Å². The molecule has 1 radical (unpaired) electrons. The minimum atomic E-state index is -5.00. The Morgan fingerprint density at radius 3 is 0.857 bits per heavy atom. The second kappa shape index (κ2) is 5.79. The van der Waals surface area contributed by atoms with E-state index in [0.29, 0.717) is 0 Å². The van der Waals surface area contributed by atoms with Gasteiger partial charge in [-0.2, -0.15) is 0 Å². The summed E-state index contributed by atoms with van der Waals surface area (Å²) in [5.74, 6) is 0. The summed E-state index contributed by atoms with van der Waals surface area (Å²) in [6.07, 6.45) is 0. The molecule has 0 fully saturated rings. The van der Waals surface area contributed by atoms with Crippen LogP contribution in [0.25, 0.3) is 0 Å². The Labute approximate surface area is 68.2 Å². The zero-order valence-electron chi connectivity index (χ0n) is 2.62. The summed E-state index contributed by atoms with van der Waals surface area (Å²) in [4.78, 5) is 0. The molecule has 0 aromatic heterocycles. The maximum atomic E-state index is 7.38. The normalized spacial score (nSPS) is 8.57. The monoisotopic (exact) mass is 183 g/mol. The first-order valence-electron chi connectivity index (χ1n) is 0.894. The third-order valence-electron chi connectivity index (χ3n) is 0. The van der Waals surface area contributed by atoms with Crippen molar-refractivity contribution in [3.63, 3.8) is 0 Å². The summed E-state index contributed by atoms with van der Waals surface area (Å²) in [6, 6.07) is 0. The second-order valence-corrected chi connectivity index (χ2v) is 2.47. The first kappa shape index (κ1) is 15.9. The van der Waals surface area contributed by atoms with Crippen molar-refractivity contribution in [3.05, 3.63) is 0 Å². The fraction of sp³-hybridized carbons (Fsp3) is 0. The summed E-state index contributed by atoms with van der Waals surface area (Å²) in [7, 11) is 0. The molecule has 7 heavy (non-hydrogen) atoms. The second-order valence-electron chi connectivity index (χ2n) is 0.600. The van der Waals surface area contributed by atoms with Crippen LogP contribution in [0.1, 0.15) is 0 Å². The van der Waals surface area contributed by atoms with E-state index in [1.807, 2.05) is 0 Å². The van der Waals surface area contributed by atoms with E-state index in [4.69, 9.17) is 14.8 Å². The predicted molar refractivity (Wildman–Crippen MR) is 16.0 cm³/mol. The van der Waals surface area contributed by atoms with Gasteiger partial charge >= 0.3 is 51.8 Å². The third-order valence-corrected chi connectivity index (χ3v) is 0. The average molecular weight is 183 g/mol. The Hall–Kier alpha value is 1.66. The van der Waals surface area contributed by atoms with E-state index in [1.54, 1.807) is 0 Å². The van der Waals surface area contributed by atoms with Gasteiger partial charge < -0.3 is 0 Å². The predicted octanol–water partition coefficient (Wildman–Crippen LogP) is -2.88. The standard InChI is InChI=1S/Co.Li.4H2O.Ti.H/h;;4*1H2;;/q;;;;;;+4;/p-4. The van der Waals surface area contributed by atoms with Crippen molar-refractivity contribution >= 4 is 18.9 Å². The molecule has 0 amide bonds. The van der Waals surface area contributed by atoms with Crippen LogP contribution < -0.4 is 0 Å². The van der Waals surface area contributed by atoms with Crippen LogP contribution in [-0.2, 0) is 34.9 Å². The van der Waals surface area contributed by atoms with E-state index < -0.39 is 18.1 Å². The van der Waals surface area contributed by atoms with Crippen LogP contribution >= 0.6 is 0 Å². The molecule has 0 aliphatic rings. The molecule has 0 heterocycles. The molecule has 0 unspecified atom stereocenters. The van der Waals surface area contributed by atoms with Gasteiger partial charge in [0.05, 0.1) is 0 Å². The quantitative estimate of drug-likeness (QED) is 0.304. The summed E-state index contributed by atoms with van der Waals surface area (Å²) in [5, 5.41) is 0. The molecular formula is H5CoLiO4Ti. The zero-order chi connectivity index (χ0) is 4.50. The van der Waals surface area contributed by atoms with E-state index in [-0.39, 0.29) is 35.6 Å². The number of rotatable bonds is 0. The summed E-state index contributed by atoms with van der Waals surface area (Å²) < 4.78 is 29.5. The van der Waals surface area contributed by atoms with Gasteiger partial charge in [0.25, 0.3) is 0 Å². The Balaban J connectivity index is -0.0000000800. The summed E-state index contributed by atoms with van der Waals surface area (Å²) in [5.41, 5.74) is 0. The third kappa shape index (κ3) is 89.2. The summed E-state index contributed by atoms with van der Waals surface area (Å²) in [6.45, 7) is 0. The van der Waals surface area contributed by atoms with E-state index >= 15 is 0 Å². The van der Waals surface area contributed by atoms with Crippen molar-refractivity contribution in [1.29, 1.82) is 0 Å². The molecule has 0 rings (SSSR count). The van der Waals surface area contributed by atoms with Crippen molar-refractivity contribution in [2.24, 2.45) is 0 Å². The van der Waals surface area contributed by atoms with Crippen molar-refractivity contribution in [2.45, 2.75) is 0 Å². The van der Waals surface area contributed by atoms with Gasteiger partial charge in [0.2, 0.25) is 0 Å². The van der Waals surface area contributed by atoms with Gasteiger partial charge in [-0.25, -0.2) is 0 Å². The Morgan fingerprint density at radius 2 is 0.857 bits per heavy atom. The minimum absolute atomic E-state index is 0. The number of hydrogen-bond acceptors (Lipinski definition) is 4. The van der Waals surface area contributed by atoms with E-state index in [2.05, 4.69) is 0 Å². The van der Waals surface area contributed by atoms with Gasteiger partial charge in [0.15, 0.2) is 0 Å². The Morgan fingerprint density at radius 1 is 0.857 bits per heavy atom. The van der Waals surface area contributed by atoms with Gasteiger partial charge in [-0.15, -0.1) is 0 Å². The molecule has 0 aliphatic carbocycles. The molecule has 0 atom stereocenters. The SMILES string of the molecule is [Co].[LiH].[OH][Ti]([OH])([OH])[OH]. The van der Waals surface area contributed by atoms with Crippen LogP contribution in [0.2, 0.25) is 0 Å². The van der Waals surface area contributed by atoms with Crippen LogP contribution in [0.5, 0.6) is 0 Å². The molecule has 7 heteroatoms. The van der Waals surface area contributed by atoms with Crippen molar-refractivity contribution < 1.29 is 49.7 Å². The van der Waals surface area contributed by atoms with Crippen LogP contribution in [0, 0.1) is 0 Å². The van der Waals surface area contributed by atoms with Gasteiger partial charge in [-0.05, 0) is 0 Å². The first-order valence-corrected chi connectivity index (χ1v) is 3.69. The van der Waals surface area contributed by atoms with Crippen LogP contribution in [0.3, 0.4) is 0 Å². The van der Waals surface area contributed by atoms with Crippen molar-refractivity contribution in [1.82, 2.24) is 0 Å². The fourth-order valence-corrected chi connectivity index (χ4v) is 0. The molecule has 0 bridgehead atoms. The molecule has 4 N–H and O–H groups in total. The van der Waals surface area contributed by atoms with Crippen LogP contribution in [-0.4, -0.2) is 33.6 Å². The number of hydrogen-bond donors (Lipinski definition) is 4. The van der Waals surface area contributed by atoms with Crippen LogP contribution in [0.15, 0.2) is 0 Å². The average Bonchev–Trinajstić information content (AvgIpc) is 0.722. The zero-order valence-corrected chi connectivity index (χ0v) is 5.22. The molecule has 0 aliphatic heterocycles. The molecule has 4 nitrogen and oxygen atoms in total. The van der Waals surface area contributed by atoms with Gasteiger partial charge in [-0.1, -0.05) is 0 Å². The Kier molecular flexibility index (Phi) is 13.1. The van der Waals surface area contributed by atoms with Gasteiger partial charge in [0, 0.05) is 16.8 Å². The van der Waals surface area contributed by atoms with Crippen molar-refractivity contribution in [2.75, 3.05) is 0 Å². The molecule has 43 valence electrons. The molecule has 0 aromatic carbocycles. The Bertz CT molecular complexity index is 27.2. The molecule has 0 aromatic rings. The maximum absolute atomic E-state index is 7.38. The fourth-order valence-electron chi connectivity index (χ4n) is 0. The van der Waals surface area contributed by atoms with Gasteiger partial charge in [-0.3, -0.25) is 0 Å². The molecule has 0 spiro atoms. The van der Waals surface area contributed by atoms with E-state index in [9.17, 15) is 0 Å². The molecular weight excluding hydrogens is 178 g/mol. The molecule has 0 saturated carbocycles. The summed E-state index contributed by atoms with van der Waals surface area (Å²) >= 11 is -5.00. The topological polar surface area (TPSA) is 80.9 Å².